The van der Waals surface area contributed by atoms with E-state index in [4.69, 9.17) is 10.6 Å². The highest BCUT2D eigenvalue weighted by atomic mass is 32.1. The number of aryl methyl sites for hydroxylation is 2. The first kappa shape index (κ1) is 14.6. The molecule has 0 bridgehead atoms. The van der Waals surface area contributed by atoms with Gasteiger partial charge >= 0.3 is 0 Å². The van der Waals surface area contributed by atoms with E-state index >= 15 is 0 Å². The molecule has 21 heavy (non-hydrogen) atoms. The summed E-state index contributed by atoms with van der Waals surface area (Å²) >= 11 is 1.84. The molecule has 2 heterocycles. The third-order valence-electron chi connectivity index (χ3n) is 4.33. The Kier molecular flexibility index (Phi) is 4.29. The maximum atomic E-state index is 5.83. The lowest BCUT2D eigenvalue weighted by Gasteiger charge is -2.28. The van der Waals surface area contributed by atoms with Crippen LogP contribution in [0.5, 0.6) is 5.75 Å². The lowest BCUT2D eigenvalue weighted by atomic mass is 9.87. The Balaban J connectivity index is 1.82. The van der Waals surface area contributed by atoms with Gasteiger partial charge in [-0.1, -0.05) is 18.2 Å². The molecule has 2 unspecified atom stereocenters. The van der Waals surface area contributed by atoms with Gasteiger partial charge in [0.05, 0.1) is 12.6 Å². The van der Waals surface area contributed by atoms with E-state index < -0.39 is 0 Å². The van der Waals surface area contributed by atoms with Crippen molar-refractivity contribution in [1.82, 2.24) is 5.43 Å². The van der Waals surface area contributed by atoms with E-state index in [1.54, 1.807) is 0 Å². The van der Waals surface area contributed by atoms with Crippen LogP contribution in [0.15, 0.2) is 30.3 Å². The topological polar surface area (TPSA) is 47.3 Å². The molecule has 0 spiro atoms. The Labute approximate surface area is 130 Å². The summed E-state index contributed by atoms with van der Waals surface area (Å²) in [5.41, 5.74) is 5.67. The molecule has 0 saturated carbocycles. The molecule has 1 aliphatic rings. The Morgan fingerprint density at radius 2 is 2.19 bits per heavy atom. The van der Waals surface area contributed by atoms with Gasteiger partial charge in [-0.25, -0.2) is 0 Å². The van der Waals surface area contributed by atoms with Crippen molar-refractivity contribution in [1.29, 1.82) is 0 Å². The number of hydrogen-bond donors (Lipinski definition) is 2. The number of nitrogens with one attached hydrogen (secondary N) is 1. The van der Waals surface area contributed by atoms with Crippen molar-refractivity contribution in [2.75, 3.05) is 6.61 Å². The zero-order valence-corrected chi connectivity index (χ0v) is 13.4. The standard InChI is InChI=1S/C17H22N2OS/c1-11-9-17(21-12(11)2)15(19-18)10-13-7-8-20-16-6-4-3-5-14(13)16/h3-6,9,13,15,19H,7-8,10,18H2,1-2H3. The Hall–Kier alpha value is -1.36. The molecule has 4 heteroatoms. The minimum absolute atomic E-state index is 0.207. The van der Waals surface area contributed by atoms with Crippen LogP contribution in [0.1, 0.15) is 45.7 Å². The summed E-state index contributed by atoms with van der Waals surface area (Å²) < 4.78 is 5.75. The normalized spacial score (nSPS) is 18.9. The summed E-state index contributed by atoms with van der Waals surface area (Å²) in [7, 11) is 0. The first-order chi connectivity index (χ1) is 10.2. The molecule has 0 amide bonds. The van der Waals surface area contributed by atoms with Gasteiger partial charge in [-0.15, -0.1) is 11.3 Å². The number of rotatable bonds is 4. The van der Waals surface area contributed by atoms with Gasteiger partial charge in [0, 0.05) is 9.75 Å². The van der Waals surface area contributed by atoms with Gasteiger partial charge in [-0.3, -0.25) is 11.3 Å². The average Bonchev–Trinajstić information content (AvgIpc) is 2.84. The van der Waals surface area contributed by atoms with E-state index in [9.17, 15) is 0 Å². The highest BCUT2D eigenvalue weighted by Crippen LogP contribution is 2.40. The molecule has 2 aromatic rings. The number of fused-ring (bicyclic) bond motifs is 1. The Morgan fingerprint density at radius 1 is 1.38 bits per heavy atom. The van der Waals surface area contributed by atoms with Crippen molar-refractivity contribution in [2.45, 2.75) is 38.6 Å². The fourth-order valence-corrected chi connectivity index (χ4v) is 4.10. The Morgan fingerprint density at radius 3 is 2.90 bits per heavy atom. The predicted octanol–water partition coefficient (Wildman–Crippen LogP) is 3.83. The zero-order valence-electron chi connectivity index (χ0n) is 12.6. The van der Waals surface area contributed by atoms with Crippen LogP contribution < -0.4 is 16.0 Å². The molecule has 2 atom stereocenters. The molecule has 1 aliphatic heterocycles. The molecule has 0 aliphatic carbocycles. The van der Waals surface area contributed by atoms with Gasteiger partial charge in [0.25, 0.3) is 0 Å². The molecule has 3 N–H and O–H groups in total. The van der Waals surface area contributed by atoms with Crippen molar-refractivity contribution in [2.24, 2.45) is 5.84 Å². The quantitative estimate of drug-likeness (QED) is 0.666. The maximum absolute atomic E-state index is 5.83. The summed E-state index contributed by atoms with van der Waals surface area (Å²) in [5.74, 6) is 7.36. The van der Waals surface area contributed by atoms with Crippen LogP contribution >= 0.6 is 11.3 Å². The first-order valence-corrected chi connectivity index (χ1v) is 8.25. The molecule has 0 saturated heterocycles. The minimum Gasteiger partial charge on any atom is -0.493 e. The molecule has 0 radical (unpaired) electrons. The zero-order chi connectivity index (χ0) is 14.8. The van der Waals surface area contributed by atoms with Gasteiger partial charge in [0.2, 0.25) is 0 Å². The second-order valence-electron chi connectivity index (χ2n) is 5.71. The van der Waals surface area contributed by atoms with Crippen LogP contribution in [0.25, 0.3) is 0 Å². The molecule has 1 aromatic carbocycles. The van der Waals surface area contributed by atoms with Crippen molar-refractivity contribution >= 4 is 11.3 Å². The second kappa shape index (κ2) is 6.18. The summed E-state index contributed by atoms with van der Waals surface area (Å²) in [6.07, 6.45) is 2.06. The molecule has 3 nitrogen and oxygen atoms in total. The van der Waals surface area contributed by atoms with Crippen LogP contribution in [-0.2, 0) is 0 Å². The van der Waals surface area contributed by atoms with E-state index in [-0.39, 0.29) is 6.04 Å². The number of nitrogens with two attached hydrogens (primary N) is 1. The maximum Gasteiger partial charge on any atom is 0.122 e. The summed E-state index contributed by atoms with van der Waals surface area (Å²) in [4.78, 5) is 2.70. The number of ether oxygens (including phenoxy) is 1. The van der Waals surface area contributed by atoms with Crippen LogP contribution in [0, 0.1) is 13.8 Å². The van der Waals surface area contributed by atoms with Crippen LogP contribution in [0.3, 0.4) is 0 Å². The lowest BCUT2D eigenvalue weighted by molar-refractivity contribution is 0.255. The van der Waals surface area contributed by atoms with Gasteiger partial charge < -0.3 is 4.74 Å². The van der Waals surface area contributed by atoms with E-state index in [2.05, 4.69) is 43.5 Å². The lowest BCUT2D eigenvalue weighted by Crippen LogP contribution is -2.29. The number of hydrogen-bond acceptors (Lipinski definition) is 4. The molecule has 3 rings (SSSR count). The number of para-hydroxylation sites is 1. The fourth-order valence-electron chi connectivity index (χ4n) is 2.99. The fraction of sp³-hybridized carbons (Fsp3) is 0.412. The van der Waals surface area contributed by atoms with Crippen molar-refractivity contribution < 1.29 is 4.74 Å². The Bertz CT molecular complexity index is 604. The SMILES string of the molecule is Cc1cc(C(CC2CCOc3ccccc32)NN)sc1C. The highest BCUT2D eigenvalue weighted by molar-refractivity contribution is 7.12. The van der Waals surface area contributed by atoms with E-state index in [1.807, 2.05) is 17.4 Å². The van der Waals surface area contributed by atoms with Crippen molar-refractivity contribution in [3.63, 3.8) is 0 Å². The van der Waals surface area contributed by atoms with E-state index in [0.717, 1.165) is 25.2 Å². The molecular weight excluding hydrogens is 280 g/mol. The molecule has 0 fully saturated rings. The smallest absolute Gasteiger partial charge is 0.122 e. The summed E-state index contributed by atoms with van der Waals surface area (Å²) in [6, 6.07) is 10.8. The van der Waals surface area contributed by atoms with Gasteiger partial charge in [-0.2, -0.15) is 0 Å². The van der Waals surface area contributed by atoms with Gasteiger partial charge in [0.1, 0.15) is 5.75 Å². The second-order valence-corrected chi connectivity index (χ2v) is 7.00. The van der Waals surface area contributed by atoms with Crippen molar-refractivity contribution in [3.8, 4) is 5.75 Å². The highest BCUT2D eigenvalue weighted by Gasteiger charge is 2.25. The largest absolute Gasteiger partial charge is 0.493 e. The average molecular weight is 302 g/mol. The molecule has 1 aromatic heterocycles. The third-order valence-corrected chi connectivity index (χ3v) is 5.60. The number of thiophene rings is 1. The molecular formula is C17H22N2OS. The van der Waals surface area contributed by atoms with Gasteiger partial charge in [0.15, 0.2) is 0 Å². The number of hydrazine groups is 1. The van der Waals surface area contributed by atoms with Crippen molar-refractivity contribution in [3.05, 3.63) is 51.2 Å². The number of benzene rings is 1. The minimum atomic E-state index is 0.207. The predicted molar refractivity (Wildman–Crippen MR) is 87.8 cm³/mol. The first-order valence-electron chi connectivity index (χ1n) is 7.44. The van der Waals surface area contributed by atoms with Gasteiger partial charge in [-0.05, 0) is 55.9 Å². The van der Waals surface area contributed by atoms with Crippen LogP contribution in [0.4, 0.5) is 0 Å². The molecule has 112 valence electrons. The summed E-state index contributed by atoms with van der Waals surface area (Å²) in [6.45, 7) is 5.12. The summed E-state index contributed by atoms with van der Waals surface area (Å²) in [5, 5.41) is 0. The van der Waals surface area contributed by atoms with Crippen LogP contribution in [0.2, 0.25) is 0 Å². The van der Waals surface area contributed by atoms with E-state index in [1.165, 1.54) is 20.9 Å². The third kappa shape index (κ3) is 2.98. The van der Waals surface area contributed by atoms with Crippen LogP contribution in [-0.4, -0.2) is 6.61 Å². The monoisotopic (exact) mass is 302 g/mol. The van der Waals surface area contributed by atoms with E-state index in [0.29, 0.717) is 5.92 Å².